The van der Waals surface area contributed by atoms with Gasteiger partial charge in [-0.15, -0.1) is 12.1 Å². The molecule has 3 nitrogen and oxygen atoms in total. The molecule has 0 bridgehead atoms. The van der Waals surface area contributed by atoms with Crippen molar-refractivity contribution in [3.63, 3.8) is 0 Å². The summed E-state index contributed by atoms with van der Waals surface area (Å²) in [6, 6.07) is 27.6. The fraction of sp³-hybridized carbons (Fsp3) is 0.200. The molecule has 0 saturated heterocycles. The summed E-state index contributed by atoms with van der Waals surface area (Å²) >= 11 is 0. The van der Waals surface area contributed by atoms with Crippen LogP contribution in [0.25, 0.3) is 22.2 Å². The Kier molecular flexibility index (Phi) is 5.08. The van der Waals surface area contributed by atoms with Crippen LogP contribution in [0.5, 0.6) is 0 Å². The molecule has 5 rings (SSSR count). The quantitative estimate of drug-likeness (QED) is 0.284. The molecule has 1 aromatic heterocycles. The maximum Gasteiger partial charge on any atom is 0.404 e. The van der Waals surface area contributed by atoms with Gasteiger partial charge >= 0.3 is 5.95 Å². The van der Waals surface area contributed by atoms with Gasteiger partial charge in [0.1, 0.15) is 11.1 Å². The number of rotatable bonds is 2. The van der Waals surface area contributed by atoms with E-state index in [1.807, 2.05) is 24.3 Å². The first-order valence-electron chi connectivity index (χ1n) is 9.60. The summed E-state index contributed by atoms with van der Waals surface area (Å²) in [6.07, 6.45) is 0. The fourth-order valence-electron chi connectivity index (χ4n) is 4.07. The summed E-state index contributed by atoms with van der Waals surface area (Å²) in [5.41, 5.74) is 7.58. The average Bonchev–Trinajstić information content (AvgIpc) is 3.17. The summed E-state index contributed by atoms with van der Waals surface area (Å²) in [5, 5.41) is 0. The maximum absolute atomic E-state index is 4.98. The van der Waals surface area contributed by atoms with E-state index in [1.54, 1.807) is 0 Å². The summed E-state index contributed by atoms with van der Waals surface area (Å²) in [6.45, 7) is 8.84. The van der Waals surface area contributed by atoms with Crippen LogP contribution in [0.3, 0.4) is 0 Å². The molecular weight excluding hydrogens is 431 g/mol. The first kappa shape index (κ1) is 20.2. The second-order valence-corrected chi connectivity index (χ2v) is 7.90. The molecule has 0 aliphatic carbocycles. The molecule has 2 heterocycles. The SMILES string of the molecule is CC1=[N+](c2[c-]c(-c3[c-]cccc3)ccc2C)c2nc3ccccc3n2C1(C)C.[Y]. The number of aryl methyl sites for hydroxylation is 1. The zero-order valence-electron chi connectivity index (χ0n) is 17.2. The van der Waals surface area contributed by atoms with Gasteiger partial charge in [-0.3, -0.25) is 0 Å². The van der Waals surface area contributed by atoms with Crippen molar-refractivity contribution >= 4 is 28.4 Å². The van der Waals surface area contributed by atoms with Gasteiger partial charge in [0.25, 0.3) is 0 Å². The van der Waals surface area contributed by atoms with Crippen LogP contribution in [-0.4, -0.2) is 15.3 Å². The van der Waals surface area contributed by atoms with Gasteiger partial charge in [0.05, 0.1) is 5.71 Å². The van der Waals surface area contributed by atoms with E-state index in [1.165, 1.54) is 11.3 Å². The Bertz CT molecular complexity index is 1250. The number of hydrogen-bond acceptors (Lipinski definition) is 1. The minimum atomic E-state index is -0.166. The first-order valence-corrected chi connectivity index (χ1v) is 9.60. The summed E-state index contributed by atoms with van der Waals surface area (Å²) in [7, 11) is 0. The van der Waals surface area contributed by atoms with Crippen molar-refractivity contribution in [2.75, 3.05) is 0 Å². The van der Waals surface area contributed by atoms with Gasteiger partial charge in [0.2, 0.25) is 0 Å². The molecule has 141 valence electrons. The third-order valence-corrected chi connectivity index (χ3v) is 5.87. The molecule has 1 radical (unpaired) electrons. The van der Waals surface area contributed by atoms with Crippen LogP contribution in [0, 0.1) is 19.1 Å². The Balaban J connectivity index is 0.00000205. The summed E-state index contributed by atoms with van der Waals surface area (Å²) in [4.78, 5) is 4.98. The van der Waals surface area contributed by atoms with Crippen LogP contribution in [0.2, 0.25) is 0 Å². The monoisotopic (exact) mass is 453 g/mol. The number of para-hydroxylation sites is 2. The van der Waals surface area contributed by atoms with E-state index >= 15 is 0 Å². The van der Waals surface area contributed by atoms with Crippen LogP contribution < -0.4 is 4.58 Å². The van der Waals surface area contributed by atoms with Crippen molar-refractivity contribution in [1.29, 1.82) is 0 Å². The van der Waals surface area contributed by atoms with Gasteiger partial charge in [-0.1, -0.05) is 29.6 Å². The molecule has 0 amide bonds. The van der Waals surface area contributed by atoms with Crippen molar-refractivity contribution in [1.82, 2.24) is 14.1 Å². The van der Waals surface area contributed by atoms with Gasteiger partial charge in [-0.25, -0.2) is 20.3 Å². The van der Waals surface area contributed by atoms with Crippen LogP contribution in [0.1, 0.15) is 26.3 Å². The van der Waals surface area contributed by atoms with Gasteiger partial charge in [0.15, 0.2) is 5.52 Å². The molecule has 0 spiro atoms. The van der Waals surface area contributed by atoms with Crippen LogP contribution in [-0.2, 0) is 38.2 Å². The first-order chi connectivity index (χ1) is 13.5. The third kappa shape index (κ3) is 3.03. The van der Waals surface area contributed by atoms with Crippen LogP contribution >= 0.6 is 0 Å². The van der Waals surface area contributed by atoms with Crippen molar-refractivity contribution in [2.24, 2.45) is 0 Å². The molecule has 1 aliphatic rings. The number of imidazole rings is 1. The number of fused-ring (bicyclic) bond motifs is 3. The predicted molar refractivity (Wildman–Crippen MR) is 115 cm³/mol. The van der Waals surface area contributed by atoms with Crippen molar-refractivity contribution in [2.45, 2.75) is 33.2 Å². The minimum absolute atomic E-state index is 0. The smallest absolute Gasteiger partial charge is 0.226 e. The Labute approximate surface area is 197 Å². The molecule has 29 heavy (non-hydrogen) atoms. The zero-order chi connectivity index (χ0) is 19.5. The minimum Gasteiger partial charge on any atom is -0.226 e. The fourth-order valence-corrected chi connectivity index (χ4v) is 4.07. The maximum atomic E-state index is 4.98. The van der Waals surface area contributed by atoms with Gasteiger partial charge in [-0.2, -0.15) is 36.4 Å². The van der Waals surface area contributed by atoms with Crippen LogP contribution in [0.4, 0.5) is 11.6 Å². The van der Waals surface area contributed by atoms with E-state index < -0.39 is 0 Å². The van der Waals surface area contributed by atoms with Crippen molar-refractivity contribution < 1.29 is 32.7 Å². The molecular formula is C25H22N3Y-. The van der Waals surface area contributed by atoms with Gasteiger partial charge in [-0.05, 0) is 32.9 Å². The normalized spacial score (nSPS) is 14.8. The Morgan fingerprint density at radius 3 is 2.45 bits per heavy atom. The van der Waals surface area contributed by atoms with E-state index in [4.69, 9.17) is 4.98 Å². The van der Waals surface area contributed by atoms with Gasteiger partial charge in [0, 0.05) is 38.4 Å². The second kappa shape index (κ2) is 7.30. The Morgan fingerprint density at radius 2 is 1.69 bits per heavy atom. The van der Waals surface area contributed by atoms with E-state index in [9.17, 15) is 0 Å². The number of benzene rings is 3. The number of nitrogens with zero attached hydrogens (tertiary/aromatic N) is 3. The molecule has 0 atom stereocenters. The van der Waals surface area contributed by atoms with Gasteiger partial charge < -0.3 is 0 Å². The summed E-state index contributed by atoms with van der Waals surface area (Å²) in [5.74, 6) is 0.956. The van der Waals surface area contributed by atoms with Crippen molar-refractivity contribution in [3.8, 4) is 11.1 Å². The molecule has 4 aromatic rings. The second-order valence-electron chi connectivity index (χ2n) is 7.90. The van der Waals surface area contributed by atoms with E-state index in [0.29, 0.717) is 0 Å². The van der Waals surface area contributed by atoms with E-state index in [-0.39, 0.29) is 38.2 Å². The average molecular weight is 453 g/mol. The molecule has 3 aromatic carbocycles. The number of hydrogen-bond donors (Lipinski definition) is 0. The molecule has 4 heteroatoms. The Hall–Kier alpha value is -2.10. The number of aromatic nitrogens is 2. The van der Waals surface area contributed by atoms with E-state index in [2.05, 4.69) is 85.4 Å². The van der Waals surface area contributed by atoms with Crippen LogP contribution in [0.15, 0.2) is 60.7 Å². The molecule has 0 fully saturated rings. The zero-order valence-corrected chi connectivity index (χ0v) is 20.0. The molecule has 0 unspecified atom stereocenters. The predicted octanol–water partition coefficient (Wildman–Crippen LogP) is 5.65. The third-order valence-electron chi connectivity index (χ3n) is 5.87. The van der Waals surface area contributed by atoms with E-state index in [0.717, 1.165) is 33.8 Å². The standard InChI is InChI=1S/C25H22N3.Y/c1-17-14-15-20(19-10-6-5-7-11-19)16-23(17)27-18(2)25(3,4)28-22-13-9-8-12-21(22)26-24(27)28;/h5-10,12-15H,1-4H3;/q-1;. The van der Waals surface area contributed by atoms with Crippen molar-refractivity contribution in [3.05, 3.63) is 78.4 Å². The topological polar surface area (TPSA) is 20.8 Å². The summed E-state index contributed by atoms with van der Waals surface area (Å²) < 4.78 is 4.61. The molecule has 0 saturated carbocycles. The Morgan fingerprint density at radius 1 is 0.931 bits per heavy atom. The largest absolute Gasteiger partial charge is 0.404 e. The molecule has 1 aliphatic heterocycles. The molecule has 0 N–H and O–H groups in total.